The van der Waals surface area contributed by atoms with Gasteiger partial charge in [-0.25, -0.2) is 0 Å². The standard InChI is InChI=1S/C13H18ClNO/c14-8-4-7-13-10-15(11-16-13)9-12-5-2-1-3-6-12/h1-3,5-6,13H,4,7-11H2. The number of nitrogens with zero attached hydrogens (tertiary/aromatic N) is 1. The first-order valence-corrected chi connectivity index (χ1v) is 6.36. The lowest BCUT2D eigenvalue weighted by atomic mass is 10.2. The van der Waals surface area contributed by atoms with Crippen LogP contribution in [0.2, 0.25) is 0 Å². The SMILES string of the molecule is ClCCCC1CN(Cc2ccccc2)CO1. The molecule has 0 radical (unpaired) electrons. The van der Waals surface area contributed by atoms with Gasteiger partial charge in [0.05, 0.1) is 12.8 Å². The first-order valence-electron chi connectivity index (χ1n) is 5.82. The number of hydrogen-bond acceptors (Lipinski definition) is 2. The van der Waals surface area contributed by atoms with Crippen molar-refractivity contribution in [2.75, 3.05) is 19.2 Å². The Labute approximate surface area is 102 Å². The second-order valence-corrected chi connectivity index (χ2v) is 4.62. The minimum atomic E-state index is 0.377. The van der Waals surface area contributed by atoms with Crippen molar-refractivity contribution in [3.63, 3.8) is 0 Å². The highest BCUT2D eigenvalue weighted by molar-refractivity contribution is 6.17. The zero-order chi connectivity index (χ0) is 11.2. The molecule has 3 heteroatoms. The van der Waals surface area contributed by atoms with Crippen molar-refractivity contribution >= 4 is 11.6 Å². The second kappa shape index (κ2) is 6.24. The summed E-state index contributed by atoms with van der Waals surface area (Å²) in [7, 11) is 0. The minimum Gasteiger partial charge on any atom is -0.362 e. The molecule has 0 aromatic heterocycles. The average Bonchev–Trinajstić information content (AvgIpc) is 2.75. The fraction of sp³-hybridized carbons (Fsp3) is 0.538. The Morgan fingerprint density at radius 2 is 2.12 bits per heavy atom. The number of rotatable bonds is 5. The summed E-state index contributed by atoms with van der Waals surface area (Å²) in [6.07, 6.45) is 2.50. The van der Waals surface area contributed by atoms with Crippen LogP contribution in [0.3, 0.4) is 0 Å². The van der Waals surface area contributed by atoms with E-state index in [-0.39, 0.29) is 0 Å². The van der Waals surface area contributed by atoms with Crippen molar-refractivity contribution in [2.45, 2.75) is 25.5 Å². The molecule has 0 saturated carbocycles. The Morgan fingerprint density at radius 3 is 2.88 bits per heavy atom. The lowest BCUT2D eigenvalue weighted by Gasteiger charge is -2.13. The van der Waals surface area contributed by atoms with Gasteiger partial charge < -0.3 is 4.74 Å². The molecular weight excluding hydrogens is 222 g/mol. The Bertz CT molecular complexity index is 304. The first-order chi connectivity index (χ1) is 7.88. The number of ether oxygens (including phenoxy) is 1. The van der Waals surface area contributed by atoms with Crippen molar-refractivity contribution < 1.29 is 4.74 Å². The Balaban J connectivity index is 1.76. The highest BCUT2D eigenvalue weighted by Gasteiger charge is 2.22. The third kappa shape index (κ3) is 3.48. The van der Waals surface area contributed by atoms with E-state index in [1.807, 2.05) is 6.07 Å². The molecule has 1 aromatic rings. The molecule has 0 aliphatic carbocycles. The van der Waals surface area contributed by atoms with Crippen LogP contribution in [0, 0.1) is 0 Å². The molecule has 1 aliphatic rings. The smallest absolute Gasteiger partial charge is 0.0998 e. The second-order valence-electron chi connectivity index (χ2n) is 4.25. The largest absolute Gasteiger partial charge is 0.362 e. The van der Waals surface area contributed by atoms with Crippen molar-refractivity contribution in [1.82, 2.24) is 4.90 Å². The van der Waals surface area contributed by atoms with Crippen LogP contribution in [0.4, 0.5) is 0 Å². The molecule has 1 aliphatic heterocycles. The van der Waals surface area contributed by atoms with Crippen LogP contribution < -0.4 is 0 Å². The predicted octanol–water partition coefficient (Wildman–Crippen LogP) is 2.86. The van der Waals surface area contributed by atoms with Gasteiger partial charge in [0, 0.05) is 19.0 Å². The van der Waals surface area contributed by atoms with Crippen LogP contribution in [0.5, 0.6) is 0 Å². The Hall–Kier alpha value is -0.570. The van der Waals surface area contributed by atoms with Crippen LogP contribution in [-0.4, -0.2) is 30.2 Å². The van der Waals surface area contributed by atoms with Crippen molar-refractivity contribution in [3.05, 3.63) is 35.9 Å². The molecule has 0 bridgehead atoms. The van der Waals surface area contributed by atoms with E-state index in [4.69, 9.17) is 16.3 Å². The lowest BCUT2D eigenvalue weighted by molar-refractivity contribution is 0.0831. The maximum atomic E-state index is 5.71. The molecule has 1 saturated heterocycles. The average molecular weight is 240 g/mol. The summed E-state index contributed by atoms with van der Waals surface area (Å²) in [6.45, 7) is 2.77. The Kier molecular flexibility index (Phi) is 4.64. The van der Waals surface area contributed by atoms with Gasteiger partial charge in [0.25, 0.3) is 0 Å². The molecule has 1 unspecified atom stereocenters. The first kappa shape index (κ1) is 11.9. The molecule has 16 heavy (non-hydrogen) atoms. The molecule has 0 N–H and O–H groups in total. The van der Waals surface area contributed by atoms with E-state index < -0.39 is 0 Å². The van der Waals surface area contributed by atoms with E-state index in [0.29, 0.717) is 6.10 Å². The quantitative estimate of drug-likeness (QED) is 0.733. The number of hydrogen-bond donors (Lipinski definition) is 0. The fourth-order valence-electron chi connectivity index (χ4n) is 2.04. The topological polar surface area (TPSA) is 12.5 Å². The zero-order valence-electron chi connectivity index (χ0n) is 9.44. The van der Waals surface area contributed by atoms with E-state index in [1.54, 1.807) is 0 Å². The summed E-state index contributed by atoms with van der Waals surface area (Å²) in [5, 5.41) is 0. The van der Waals surface area contributed by atoms with Crippen LogP contribution in [-0.2, 0) is 11.3 Å². The number of alkyl halides is 1. The van der Waals surface area contributed by atoms with Crippen LogP contribution in [0.25, 0.3) is 0 Å². The van der Waals surface area contributed by atoms with E-state index in [2.05, 4.69) is 29.2 Å². The summed E-state index contributed by atoms with van der Waals surface area (Å²) < 4.78 is 5.71. The van der Waals surface area contributed by atoms with Gasteiger partial charge >= 0.3 is 0 Å². The van der Waals surface area contributed by atoms with Crippen LogP contribution in [0.1, 0.15) is 18.4 Å². The summed E-state index contributed by atoms with van der Waals surface area (Å²) >= 11 is 5.68. The zero-order valence-corrected chi connectivity index (χ0v) is 10.2. The molecule has 2 nitrogen and oxygen atoms in total. The summed E-state index contributed by atoms with van der Waals surface area (Å²) in [4.78, 5) is 2.34. The van der Waals surface area contributed by atoms with Gasteiger partial charge in [0.2, 0.25) is 0 Å². The highest BCUT2D eigenvalue weighted by Crippen LogP contribution is 2.16. The third-order valence-electron chi connectivity index (χ3n) is 2.86. The van der Waals surface area contributed by atoms with E-state index in [1.165, 1.54) is 5.56 Å². The number of halogens is 1. The van der Waals surface area contributed by atoms with Crippen molar-refractivity contribution in [2.24, 2.45) is 0 Å². The molecule has 1 fully saturated rings. The lowest BCUT2D eigenvalue weighted by Crippen LogP contribution is -2.21. The Morgan fingerprint density at radius 1 is 1.31 bits per heavy atom. The normalized spacial score (nSPS) is 21.4. The third-order valence-corrected chi connectivity index (χ3v) is 3.13. The summed E-state index contributed by atoms with van der Waals surface area (Å²) in [5.74, 6) is 0.735. The minimum absolute atomic E-state index is 0.377. The summed E-state index contributed by atoms with van der Waals surface area (Å²) in [6, 6.07) is 10.5. The van der Waals surface area contributed by atoms with Gasteiger partial charge in [-0.05, 0) is 18.4 Å². The monoisotopic (exact) mass is 239 g/mol. The molecule has 1 heterocycles. The molecular formula is C13H18ClNO. The van der Waals surface area contributed by atoms with Gasteiger partial charge in [-0.1, -0.05) is 30.3 Å². The van der Waals surface area contributed by atoms with E-state index in [0.717, 1.165) is 38.5 Å². The van der Waals surface area contributed by atoms with Gasteiger partial charge in [-0.3, -0.25) is 4.90 Å². The molecule has 0 spiro atoms. The summed E-state index contributed by atoms with van der Waals surface area (Å²) in [5.41, 5.74) is 1.35. The van der Waals surface area contributed by atoms with Crippen LogP contribution in [0.15, 0.2) is 30.3 Å². The molecule has 1 aromatic carbocycles. The van der Waals surface area contributed by atoms with E-state index in [9.17, 15) is 0 Å². The maximum absolute atomic E-state index is 5.71. The van der Waals surface area contributed by atoms with E-state index >= 15 is 0 Å². The van der Waals surface area contributed by atoms with Gasteiger partial charge in [-0.15, -0.1) is 11.6 Å². The van der Waals surface area contributed by atoms with Crippen molar-refractivity contribution in [3.8, 4) is 0 Å². The number of benzene rings is 1. The predicted molar refractivity (Wildman–Crippen MR) is 66.5 cm³/mol. The van der Waals surface area contributed by atoms with Gasteiger partial charge in [0.1, 0.15) is 0 Å². The molecule has 2 rings (SSSR count). The highest BCUT2D eigenvalue weighted by atomic mass is 35.5. The molecule has 0 amide bonds. The van der Waals surface area contributed by atoms with Crippen LogP contribution >= 0.6 is 11.6 Å². The molecule has 88 valence electrons. The fourth-order valence-corrected chi connectivity index (χ4v) is 2.19. The van der Waals surface area contributed by atoms with Gasteiger partial charge in [-0.2, -0.15) is 0 Å². The van der Waals surface area contributed by atoms with Gasteiger partial charge in [0.15, 0.2) is 0 Å². The maximum Gasteiger partial charge on any atom is 0.0998 e. The molecule has 1 atom stereocenters. The van der Waals surface area contributed by atoms with Crippen molar-refractivity contribution in [1.29, 1.82) is 0 Å².